The molecule has 1 aliphatic rings. The van der Waals surface area contributed by atoms with Gasteiger partial charge in [0, 0.05) is 18.7 Å². The van der Waals surface area contributed by atoms with Crippen LogP contribution in [0.1, 0.15) is 34.3 Å². The molecular formula is C23H25NO2. The van der Waals surface area contributed by atoms with Gasteiger partial charge < -0.3 is 9.64 Å². The molecular weight excluding hydrogens is 322 g/mol. The van der Waals surface area contributed by atoms with Gasteiger partial charge in [0.05, 0.1) is 6.61 Å². The van der Waals surface area contributed by atoms with Crippen LogP contribution in [-0.4, -0.2) is 37.1 Å². The van der Waals surface area contributed by atoms with Gasteiger partial charge >= 0.3 is 0 Å². The van der Waals surface area contributed by atoms with Crippen molar-refractivity contribution in [2.24, 2.45) is 5.92 Å². The molecule has 3 nitrogen and oxygen atoms in total. The van der Waals surface area contributed by atoms with Gasteiger partial charge in [0.1, 0.15) is 6.61 Å². The van der Waals surface area contributed by atoms with E-state index in [0.29, 0.717) is 19.1 Å². The molecule has 0 spiro atoms. The van der Waals surface area contributed by atoms with Crippen LogP contribution >= 0.6 is 0 Å². The number of amides is 1. The van der Waals surface area contributed by atoms with E-state index in [0.717, 1.165) is 37.9 Å². The monoisotopic (exact) mass is 347 g/mol. The summed E-state index contributed by atoms with van der Waals surface area (Å²) in [6, 6.07) is 18.4. The Kier molecular flexibility index (Phi) is 6.46. The van der Waals surface area contributed by atoms with Crippen molar-refractivity contribution in [3.05, 3.63) is 71.3 Å². The number of terminal acetylenes is 1. The Morgan fingerprint density at radius 1 is 1.04 bits per heavy atom. The molecule has 0 atom stereocenters. The lowest BCUT2D eigenvalue weighted by molar-refractivity contribution is 0.0582. The van der Waals surface area contributed by atoms with Crippen LogP contribution in [0.4, 0.5) is 0 Å². The molecule has 1 amide bonds. The minimum Gasteiger partial charge on any atom is -0.369 e. The number of ether oxygens (including phenoxy) is 1. The summed E-state index contributed by atoms with van der Waals surface area (Å²) in [6.45, 7) is 2.64. The Labute approximate surface area is 156 Å². The van der Waals surface area contributed by atoms with Crippen molar-refractivity contribution in [1.82, 2.24) is 4.90 Å². The molecule has 0 aliphatic carbocycles. The van der Waals surface area contributed by atoms with Crippen molar-refractivity contribution in [2.45, 2.75) is 19.3 Å². The molecule has 1 aliphatic heterocycles. The molecule has 0 bridgehead atoms. The molecule has 1 fully saturated rings. The van der Waals surface area contributed by atoms with Gasteiger partial charge in [-0.25, -0.2) is 0 Å². The molecule has 0 aromatic heterocycles. The van der Waals surface area contributed by atoms with Crippen LogP contribution in [0.2, 0.25) is 0 Å². The summed E-state index contributed by atoms with van der Waals surface area (Å²) in [5, 5.41) is 0. The molecule has 0 radical (unpaired) electrons. The first-order valence-electron chi connectivity index (χ1n) is 9.19. The number of nitrogens with zero attached hydrogens (tertiary/aromatic N) is 1. The zero-order valence-corrected chi connectivity index (χ0v) is 15.1. The highest BCUT2D eigenvalue weighted by Crippen LogP contribution is 2.20. The fraction of sp³-hybridized carbons (Fsp3) is 0.348. The molecule has 1 heterocycles. The zero-order chi connectivity index (χ0) is 18.2. The van der Waals surface area contributed by atoms with E-state index in [1.807, 2.05) is 23.1 Å². The third kappa shape index (κ3) is 4.97. The number of carbonyl (C=O) groups excluding carboxylic acids is 1. The van der Waals surface area contributed by atoms with Crippen LogP contribution in [0.5, 0.6) is 0 Å². The first kappa shape index (κ1) is 18.2. The first-order chi connectivity index (χ1) is 12.8. The Balaban J connectivity index is 1.51. The molecule has 134 valence electrons. The highest BCUT2D eigenvalue weighted by Gasteiger charge is 2.23. The lowest BCUT2D eigenvalue weighted by Gasteiger charge is -2.31. The summed E-state index contributed by atoms with van der Waals surface area (Å²) in [4.78, 5) is 14.7. The van der Waals surface area contributed by atoms with E-state index >= 15 is 0 Å². The number of hydrogen-bond donors (Lipinski definition) is 0. The minimum absolute atomic E-state index is 0.124. The summed E-state index contributed by atoms with van der Waals surface area (Å²) in [6.07, 6.45) is 8.03. The van der Waals surface area contributed by atoms with Gasteiger partial charge in [-0.1, -0.05) is 48.4 Å². The number of likely N-dealkylation sites (tertiary alicyclic amines) is 1. The fourth-order valence-electron chi connectivity index (χ4n) is 3.37. The Morgan fingerprint density at radius 3 is 2.35 bits per heavy atom. The Morgan fingerprint density at radius 2 is 1.69 bits per heavy atom. The summed E-state index contributed by atoms with van der Waals surface area (Å²) in [5.74, 6) is 3.11. The number of rotatable bonds is 6. The van der Waals surface area contributed by atoms with E-state index in [2.05, 4.69) is 42.3 Å². The molecule has 0 saturated carbocycles. The molecule has 1 saturated heterocycles. The minimum atomic E-state index is 0.124. The fourth-order valence-corrected chi connectivity index (χ4v) is 3.37. The maximum Gasteiger partial charge on any atom is 0.253 e. The molecule has 3 rings (SSSR count). The van der Waals surface area contributed by atoms with Crippen molar-refractivity contribution in [3.63, 3.8) is 0 Å². The predicted molar refractivity (Wildman–Crippen MR) is 104 cm³/mol. The third-order valence-electron chi connectivity index (χ3n) is 4.89. The third-order valence-corrected chi connectivity index (χ3v) is 4.89. The molecule has 0 N–H and O–H groups in total. The number of hydrogen-bond acceptors (Lipinski definition) is 2. The van der Waals surface area contributed by atoms with Crippen molar-refractivity contribution in [2.75, 3.05) is 26.3 Å². The second-order valence-electron chi connectivity index (χ2n) is 6.81. The van der Waals surface area contributed by atoms with E-state index < -0.39 is 0 Å². The topological polar surface area (TPSA) is 29.5 Å². The van der Waals surface area contributed by atoms with Gasteiger partial charge in [-0.05, 0) is 48.4 Å². The largest absolute Gasteiger partial charge is 0.369 e. The standard InChI is InChI=1S/C23H25NO2/c1-2-16-26-18-21-12-14-24(15-13-21)23(25)22-10-8-20(9-11-22)17-19-6-4-3-5-7-19/h1,3-11,21H,12-18H2. The molecule has 2 aromatic carbocycles. The van der Waals surface area contributed by atoms with Gasteiger partial charge in [0.15, 0.2) is 0 Å². The van der Waals surface area contributed by atoms with Crippen LogP contribution in [0.25, 0.3) is 0 Å². The Bertz CT molecular complexity index is 738. The smallest absolute Gasteiger partial charge is 0.253 e. The van der Waals surface area contributed by atoms with E-state index in [4.69, 9.17) is 11.2 Å². The molecule has 0 unspecified atom stereocenters. The number of carbonyl (C=O) groups is 1. The lowest BCUT2D eigenvalue weighted by Crippen LogP contribution is -2.39. The highest BCUT2D eigenvalue weighted by molar-refractivity contribution is 5.94. The molecule has 2 aromatic rings. The summed E-state index contributed by atoms with van der Waals surface area (Å²) in [7, 11) is 0. The average molecular weight is 347 g/mol. The first-order valence-corrected chi connectivity index (χ1v) is 9.19. The highest BCUT2D eigenvalue weighted by atomic mass is 16.5. The molecule has 3 heteroatoms. The van der Waals surface area contributed by atoms with E-state index in [9.17, 15) is 4.79 Å². The van der Waals surface area contributed by atoms with Crippen molar-refractivity contribution < 1.29 is 9.53 Å². The quantitative estimate of drug-likeness (QED) is 0.588. The summed E-state index contributed by atoms with van der Waals surface area (Å²) in [5.41, 5.74) is 3.27. The second-order valence-corrected chi connectivity index (χ2v) is 6.81. The van der Waals surface area contributed by atoms with E-state index in [1.165, 1.54) is 11.1 Å². The van der Waals surface area contributed by atoms with Crippen LogP contribution in [0.3, 0.4) is 0 Å². The van der Waals surface area contributed by atoms with E-state index in [1.54, 1.807) is 0 Å². The van der Waals surface area contributed by atoms with Gasteiger partial charge in [-0.3, -0.25) is 4.79 Å². The summed E-state index contributed by atoms with van der Waals surface area (Å²) >= 11 is 0. The van der Waals surface area contributed by atoms with Crippen LogP contribution < -0.4 is 0 Å². The van der Waals surface area contributed by atoms with Gasteiger partial charge in [-0.2, -0.15) is 0 Å². The normalized spacial score (nSPS) is 14.8. The van der Waals surface area contributed by atoms with Gasteiger partial charge in [0.25, 0.3) is 5.91 Å². The lowest BCUT2D eigenvalue weighted by atomic mass is 9.97. The van der Waals surface area contributed by atoms with Crippen molar-refractivity contribution in [3.8, 4) is 12.3 Å². The summed E-state index contributed by atoms with van der Waals surface area (Å²) < 4.78 is 5.43. The second kappa shape index (κ2) is 9.22. The van der Waals surface area contributed by atoms with Crippen LogP contribution in [0, 0.1) is 18.3 Å². The van der Waals surface area contributed by atoms with Crippen molar-refractivity contribution >= 4 is 5.91 Å². The maximum atomic E-state index is 12.7. The predicted octanol–water partition coefficient (Wildman–Crippen LogP) is 3.78. The zero-order valence-electron chi connectivity index (χ0n) is 15.1. The van der Waals surface area contributed by atoms with E-state index in [-0.39, 0.29) is 5.91 Å². The van der Waals surface area contributed by atoms with Gasteiger partial charge in [-0.15, -0.1) is 6.42 Å². The number of benzene rings is 2. The van der Waals surface area contributed by atoms with Crippen LogP contribution in [0.15, 0.2) is 54.6 Å². The van der Waals surface area contributed by atoms with Gasteiger partial charge in [0.2, 0.25) is 0 Å². The SMILES string of the molecule is C#CCOCC1CCN(C(=O)c2ccc(Cc3ccccc3)cc2)CC1. The van der Waals surface area contributed by atoms with Crippen molar-refractivity contribution in [1.29, 1.82) is 0 Å². The number of piperidine rings is 1. The maximum absolute atomic E-state index is 12.7. The average Bonchev–Trinajstić information content (AvgIpc) is 2.70. The van der Waals surface area contributed by atoms with Crippen LogP contribution in [-0.2, 0) is 11.2 Å². The molecule has 26 heavy (non-hydrogen) atoms. The Hall–Kier alpha value is -2.57.